The number of nitrogens with two attached hydrogens (primary N) is 1. The van der Waals surface area contributed by atoms with Crippen LogP contribution in [0, 0.1) is 0 Å². The van der Waals surface area contributed by atoms with Crippen LogP contribution in [0.1, 0.15) is 0 Å². The number of anilines is 1. The zero-order valence-corrected chi connectivity index (χ0v) is 10.4. The zero-order chi connectivity index (χ0) is 13.6. The van der Waals surface area contributed by atoms with Crippen molar-refractivity contribution in [2.45, 2.75) is 5.16 Å². The fourth-order valence-electron chi connectivity index (χ4n) is 1.39. The lowest BCUT2D eigenvalue weighted by atomic mass is 10.4. The summed E-state index contributed by atoms with van der Waals surface area (Å²) < 4.78 is 28.8. The molecule has 3 rings (SSSR count). The van der Waals surface area contributed by atoms with E-state index < -0.39 is 15.0 Å². The van der Waals surface area contributed by atoms with Gasteiger partial charge in [-0.15, -0.1) is 5.10 Å². The summed E-state index contributed by atoms with van der Waals surface area (Å²) in [5.74, 6) is 0.373. The molecule has 2 N–H and O–H groups in total. The third-order valence-corrected chi connectivity index (χ3v) is 3.05. The lowest BCUT2D eigenvalue weighted by Crippen LogP contribution is -2.11. The molecule has 0 aliphatic heterocycles. The van der Waals surface area contributed by atoms with Crippen molar-refractivity contribution in [2.24, 2.45) is 0 Å². The van der Waals surface area contributed by atoms with E-state index in [0.29, 0.717) is 5.76 Å². The summed E-state index contributed by atoms with van der Waals surface area (Å²) in [5, 5.41) is 7.12. The molecule has 98 valence electrons. The Morgan fingerprint density at radius 2 is 2.11 bits per heavy atom. The van der Waals surface area contributed by atoms with Gasteiger partial charge in [0.1, 0.15) is 0 Å². The van der Waals surface area contributed by atoms with E-state index in [1.165, 1.54) is 6.20 Å². The molecule has 0 amide bonds. The first-order valence-electron chi connectivity index (χ1n) is 4.96. The van der Waals surface area contributed by atoms with E-state index in [1.807, 2.05) is 0 Å². The van der Waals surface area contributed by atoms with Crippen molar-refractivity contribution >= 4 is 21.6 Å². The van der Waals surface area contributed by atoms with Gasteiger partial charge in [-0.3, -0.25) is 0 Å². The molecule has 3 aromatic rings. The minimum absolute atomic E-state index is 0.0133. The second-order valence-corrected chi connectivity index (χ2v) is 5.57. The summed E-state index contributed by atoms with van der Waals surface area (Å²) in [6.45, 7) is 0. The van der Waals surface area contributed by atoms with Gasteiger partial charge in [0.05, 0.1) is 6.20 Å². The van der Waals surface area contributed by atoms with Gasteiger partial charge in [0.25, 0.3) is 10.9 Å². The average Bonchev–Trinajstić information content (AvgIpc) is 2.95. The minimum atomic E-state index is -3.58. The molecule has 19 heavy (non-hydrogen) atoms. The van der Waals surface area contributed by atoms with Gasteiger partial charge >= 0.3 is 0 Å². The van der Waals surface area contributed by atoms with Crippen LogP contribution < -0.4 is 5.73 Å². The van der Waals surface area contributed by atoms with E-state index in [1.54, 1.807) is 6.07 Å². The molecule has 0 spiro atoms. The van der Waals surface area contributed by atoms with Crippen molar-refractivity contribution < 1.29 is 12.9 Å². The van der Waals surface area contributed by atoms with Crippen LogP contribution in [0.15, 0.2) is 21.9 Å². The zero-order valence-electron chi connectivity index (χ0n) is 9.55. The van der Waals surface area contributed by atoms with Gasteiger partial charge in [0.2, 0.25) is 27.4 Å². The second kappa shape index (κ2) is 3.71. The highest BCUT2D eigenvalue weighted by molar-refractivity contribution is 7.90. The molecule has 3 aromatic heterocycles. The Balaban J connectivity index is 2.26. The molecule has 0 radical (unpaired) electrons. The maximum Gasteiger partial charge on any atom is 0.258 e. The quantitative estimate of drug-likeness (QED) is 0.635. The van der Waals surface area contributed by atoms with E-state index in [-0.39, 0.29) is 17.6 Å². The van der Waals surface area contributed by atoms with Gasteiger partial charge in [0.15, 0.2) is 0 Å². The predicted molar refractivity (Wildman–Crippen MR) is 61.6 cm³/mol. The van der Waals surface area contributed by atoms with E-state index in [9.17, 15) is 8.42 Å². The number of hydrogen-bond donors (Lipinski definition) is 1. The van der Waals surface area contributed by atoms with Crippen LogP contribution in [0.3, 0.4) is 0 Å². The van der Waals surface area contributed by atoms with Crippen molar-refractivity contribution in [3.05, 3.63) is 12.3 Å². The Hall–Kier alpha value is -2.56. The van der Waals surface area contributed by atoms with Gasteiger partial charge in [-0.25, -0.2) is 8.42 Å². The van der Waals surface area contributed by atoms with Gasteiger partial charge < -0.3 is 10.3 Å². The highest BCUT2D eigenvalue weighted by Crippen LogP contribution is 2.16. The Kier molecular flexibility index (Phi) is 2.25. The third kappa shape index (κ3) is 1.89. The van der Waals surface area contributed by atoms with Crippen LogP contribution in [0.25, 0.3) is 17.4 Å². The molecule has 0 atom stereocenters. The smallest absolute Gasteiger partial charge is 0.258 e. The number of sulfone groups is 1. The topological polar surface area (TPSA) is 142 Å². The Morgan fingerprint density at radius 1 is 1.32 bits per heavy atom. The van der Waals surface area contributed by atoms with Gasteiger partial charge in [-0.1, -0.05) is 5.16 Å². The number of nitrogen functional groups attached to an aromatic ring is 1. The summed E-state index contributed by atoms with van der Waals surface area (Å²) in [6.07, 6.45) is 2.41. The van der Waals surface area contributed by atoms with Crippen molar-refractivity contribution in [2.75, 3.05) is 12.0 Å². The summed E-state index contributed by atoms with van der Waals surface area (Å²) in [6, 6.07) is 1.55. The Labute approximate surface area is 106 Å². The number of hydrogen-bond acceptors (Lipinski definition) is 9. The van der Waals surface area contributed by atoms with Gasteiger partial charge in [0, 0.05) is 12.3 Å². The molecular formula is C8H7N7O3S. The average molecular weight is 281 g/mol. The predicted octanol–water partition coefficient (Wildman–Crippen LogP) is -0.840. The first kappa shape index (κ1) is 11.5. The summed E-state index contributed by atoms with van der Waals surface area (Å²) in [4.78, 5) is 11.5. The van der Waals surface area contributed by atoms with Gasteiger partial charge in [-0.2, -0.15) is 19.5 Å². The second-order valence-electron chi connectivity index (χ2n) is 3.66. The van der Waals surface area contributed by atoms with Crippen LogP contribution in [0.4, 0.5) is 5.95 Å². The lowest BCUT2D eigenvalue weighted by Gasteiger charge is -1.99. The summed E-state index contributed by atoms with van der Waals surface area (Å²) in [5.41, 5.74) is 5.62. The van der Waals surface area contributed by atoms with Gasteiger partial charge in [-0.05, 0) is 0 Å². The molecule has 3 heterocycles. The number of aromatic nitrogens is 6. The van der Waals surface area contributed by atoms with E-state index in [2.05, 4.69) is 25.2 Å². The van der Waals surface area contributed by atoms with E-state index in [0.717, 1.165) is 10.8 Å². The van der Waals surface area contributed by atoms with E-state index in [4.69, 9.17) is 10.3 Å². The maximum atomic E-state index is 11.4. The molecule has 0 saturated carbocycles. The molecule has 0 aromatic carbocycles. The fourth-order valence-corrected chi connectivity index (χ4v) is 1.89. The van der Waals surface area contributed by atoms with Crippen molar-refractivity contribution in [3.8, 4) is 11.6 Å². The van der Waals surface area contributed by atoms with Crippen LogP contribution in [-0.2, 0) is 9.84 Å². The molecule has 0 bridgehead atoms. The molecule has 0 aliphatic rings. The van der Waals surface area contributed by atoms with Crippen LogP contribution in [-0.4, -0.2) is 44.4 Å². The number of fused-ring (bicyclic) bond motifs is 1. The molecule has 0 saturated heterocycles. The normalized spacial score (nSPS) is 12.1. The maximum absolute atomic E-state index is 11.4. The van der Waals surface area contributed by atoms with E-state index >= 15 is 0 Å². The molecule has 0 unspecified atom stereocenters. The fraction of sp³-hybridized carbons (Fsp3) is 0.125. The van der Waals surface area contributed by atoms with Crippen LogP contribution in [0.5, 0.6) is 0 Å². The summed E-state index contributed by atoms with van der Waals surface area (Å²) in [7, 11) is -3.58. The third-order valence-electron chi connectivity index (χ3n) is 2.20. The lowest BCUT2D eigenvalue weighted by molar-refractivity contribution is 0.429. The van der Waals surface area contributed by atoms with Crippen molar-refractivity contribution in [3.63, 3.8) is 0 Å². The minimum Gasteiger partial charge on any atom is -0.368 e. The van der Waals surface area contributed by atoms with Crippen LogP contribution >= 0.6 is 0 Å². The van der Waals surface area contributed by atoms with Crippen molar-refractivity contribution in [1.82, 2.24) is 29.7 Å². The largest absolute Gasteiger partial charge is 0.368 e. The standard InChI is InChI=1S/C8H7N7O3S/c1-19(16,17)8-12-6(9)15-7(13-8)11-5(14-15)4-2-3-10-18-4/h2-3H,1H3,(H2,9,11,12,13,14). The number of nitrogens with zero attached hydrogens (tertiary/aromatic N) is 6. The van der Waals surface area contributed by atoms with Crippen molar-refractivity contribution in [1.29, 1.82) is 0 Å². The number of rotatable bonds is 2. The first-order chi connectivity index (χ1) is 8.95. The highest BCUT2D eigenvalue weighted by Gasteiger charge is 2.18. The molecule has 11 heteroatoms. The molecule has 0 aliphatic carbocycles. The molecule has 10 nitrogen and oxygen atoms in total. The highest BCUT2D eigenvalue weighted by atomic mass is 32.2. The SMILES string of the molecule is CS(=O)(=O)c1nc(N)n2nc(-c3ccno3)nc2n1. The molecule has 0 fully saturated rings. The Morgan fingerprint density at radius 3 is 2.74 bits per heavy atom. The Bertz CT molecular complexity index is 852. The molecular weight excluding hydrogens is 274 g/mol. The first-order valence-corrected chi connectivity index (χ1v) is 6.86. The van der Waals surface area contributed by atoms with Crippen LogP contribution in [0.2, 0.25) is 0 Å². The monoisotopic (exact) mass is 281 g/mol. The summed E-state index contributed by atoms with van der Waals surface area (Å²) >= 11 is 0.